The molecule has 0 bridgehead atoms. The number of nitrogens with two attached hydrogens (primary N) is 1. The van der Waals surface area contributed by atoms with Gasteiger partial charge in [-0.1, -0.05) is 23.7 Å². The number of hydrogen-bond donors (Lipinski definition) is 2. The molecule has 7 nitrogen and oxygen atoms in total. The minimum atomic E-state index is -3.80. The van der Waals surface area contributed by atoms with Gasteiger partial charge in [-0.05, 0) is 42.8 Å². The highest BCUT2D eigenvalue weighted by molar-refractivity contribution is 7.89. The Labute approximate surface area is 160 Å². The number of ether oxygens (including phenoxy) is 1. The number of rotatable bonds is 6. The van der Waals surface area contributed by atoms with E-state index in [1.165, 1.54) is 24.3 Å². The fourth-order valence-corrected chi connectivity index (χ4v) is 2.94. The van der Waals surface area contributed by atoms with Gasteiger partial charge in [0.1, 0.15) is 5.82 Å². The molecule has 2 rings (SSSR count). The maximum atomic E-state index is 13.0. The molecule has 2 aromatic rings. The van der Waals surface area contributed by atoms with E-state index in [2.05, 4.69) is 5.32 Å². The third-order valence-corrected chi connectivity index (χ3v) is 4.81. The van der Waals surface area contributed by atoms with Crippen LogP contribution in [-0.4, -0.2) is 26.9 Å². The first-order valence-corrected chi connectivity index (χ1v) is 9.54. The van der Waals surface area contributed by atoms with Crippen molar-refractivity contribution in [3.05, 3.63) is 64.4 Å². The van der Waals surface area contributed by atoms with Crippen LogP contribution in [0.1, 0.15) is 28.9 Å². The Morgan fingerprint density at radius 3 is 2.41 bits per heavy atom. The molecular formula is C17H16ClFN2O5S. The molecule has 0 spiro atoms. The zero-order valence-electron chi connectivity index (χ0n) is 14.1. The Balaban J connectivity index is 1.92. The first-order valence-electron chi connectivity index (χ1n) is 7.62. The maximum absolute atomic E-state index is 13.0. The summed E-state index contributed by atoms with van der Waals surface area (Å²) >= 11 is 5.76. The first-order chi connectivity index (χ1) is 12.6. The van der Waals surface area contributed by atoms with Crippen molar-refractivity contribution in [1.82, 2.24) is 5.32 Å². The summed E-state index contributed by atoms with van der Waals surface area (Å²) in [6.45, 7) is 1.11. The molecular weight excluding hydrogens is 399 g/mol. The number of sulfonamides is 1. The van der Waals surface area contributed by atoms with Gasteiger partial charge in [0.05, 0.1) is 21.5 Å². The molecule has 0 aliphatic rings. The molecule has 0 aliphatic carbocycles. The van der Waals surface area contributed by atoms with Gasteiger partial charge in [0.2, 0.25) is 10.0 Å². The summed E-state index contributed by atoms with van der Waals surface area (Å²) in [5.41, 5.74) is 0.571. The predicted octanol–water partition coefficient (Wildman–Crippen LogP) is 2.16. The van der Waals surface area contributed by atoms with Crippen molar-refractivity contribution < 1.29 is 27.1 Å². The Morgan fingerprint density at radius 2 is 1.85 bits per heavy atom. The summed E-state index contributed by atoms with van der Waals surface area (Å²) in [5, 5.41) is 7.50. The van der Waals surface area contributed by atoms with E-state index in [1.807, 2.05) is 0 Å². The average Bonchev–Trinajstić information content (AvgIpc) is 2.59. The number of primary sulfonamides is 1. The summed E-state index contributed by atoms with van der Waals surface area (Å²) in [5.74, 6) is -2.04. The van der Waals surface area contributed by atoms with Crippen LogP contribution in [0.4, 0.5) is 4.39 Å². The van der Waals surface area contributed by atoms with Crippen molar-refractivity contribution in [2.75, 3.05) is 6.61 Å². The van der Waals surface area contributed by atoms with Gasteiger partial charge in [0.15, 0.2) is 6.61 Å². The molecule has 0 saturated heterocycles. The average molecular weight is 415 g/mol. The van der Waals surface area contributed by atoms with Gasteiger partial charge in [0, 0.05) is 0 Å². The lowest BCUT2D eigenvalue weighted by Gasteiger charge is -2.15. The Hall–Kier alpha value is -2.49. The number of amides is 1. The molecule has 1 amide bonds. The third-order valence-electron chi connectivity index (χ3n) is 3.57. The van der Waals surface area contributed by atoms with E-state index in [1.54, 1.807) is 6.92 Å². The van der Waals surface area contributed by atoms with E-state index in [0.29, 0.717) is 5.56 Å². The van der Waals surface area contributed by atoms with Crippen LogP contribution < -0.4 is 10.5 Å². The monoisotopic (exact) mass is 414 g/mol. The van der Waals surface area contributed by atoms with Crippen LogP contribution in [0.2, 0.25) is 5.02 Å². The van der Waals surface area contributed by atoms with Gasteiger partial charge in [-0.25, -0.2) is 22.7 Å². The van der Waals surface area contributed by atoms with Crippen molar-refractivity contribution >= 4 is 33.5 Å². The summed E-state index contributed by atoms with van der Waals surface area (Å²) in [6, 6.07) is 8.37. The highest BCUT2D eigenvalue weighted by Crippen LogP contribution is 2.18. The van der Waals surface area contributed by atoms with Gasteiger partial charge >= 0.3 is 5.97 Å². The van der Waals surface area contributed by atoms with E-state index in [4.69, 9.17) is 21.5 Å². The second kappa shape index (κ2) is 8.47. The molecule has 0 unspecified atom stereocenters. The van der Waals surface area contributed by atoms with E-state index in [-0.39, 0.29) is 15.5 Å². The Bertz CT molecular complexity index is 964. The normalized spacial score (nSPS) is 12.3. The summed E-state index contributed by atoms with van der Waals surface area (Å²) < 4.78 is 40.3. The minimum absolute atomic E-state index is 0.0464. The minimum Gasteiger partial charge on any atom is -0.452 e. The zero-order chi connectivity index (χ0) is 20.2. The van der Waals surface area contributed by atoms with Gasteiger partial charge in [-0.3, -0.25) is 4.79 Å². The van der Waals surface area contributed by atoms with Gasteiger partial charge in [0.25, 0.3) is 5.91 Å². The quantitative estimate of drug-likeness (QED) is 0.703. The largest absolute Gasteiger partial charge is 0.452 e. The standard InChI is InChI=1S/C17H16ClFN2O5S/c1-10(11-2-5-13(6-3-11)27(20,24)25)21-16(22)9-26-17(23)14-7-4-12(19)8-15(14)18/h2-8,10H,9H2,1H3,(H,21,22)(H2,20,24,25)/t10-/m1/s1. The topological polar surface area (TPSA) is 116 Å². The SMILES string of the molecule is C[C@@H](NC(=O)COC(=O)c1ccc(F)cc1Cl)c1ccc(S(N)(=O)=O)cc1. The fraction of sp³-hybridized carbons (Fsp3) is 0.176. The molecule has 0 heterocycles. The van der Waals surface area contributed by atoms with Crippen molar-refractivity contribution in [2.45, 2.75) is 17.9 Å². The number of esters is 1. The predicted molar refractivity (Wildman–Crippen MR) is 96.1 cm³/mol. The van der Waals surface area contributed by atoms with Crippen LogP contribution in [0.5, 0.6) is 0 Å². The van der Waals surface area contributed by atoms with Crippen LogP contribution in [-0.2, 0) is 19.6 Å². The second-order valence-electron chi connectivity index (χ2n) is 5.60. The molecule has 27 heavy (non-hydrogen) atoms. The highest BCUT2D eigenvalue weighted by Gasteiger charge is 2.16. The van der Waals surface area contributed by atoms with Crippen molar-refractivity contribution in [2.24, 2.45) is 5.14 Å². The Kier molecular flexibility index (Phi) is 6.53. The van der Waals surface area contributed by atoms with Gasteiger partial charge < -0.3 is 10.1 Å². The number of halogens is 2. The molecule has 0 aliphatic heterocycles. The lowest BCUT2D eigenvalue weighted by Crippen LogP contribution is -2.31. The van der Waals surface area contributed by atoms with E-state index >= 15 is 0 Å². The van der Waals surface area contributed by atoms with Gasteiger partial charge in [-0.2, -0.15) is 0 Å². The number of carbonyl (C=O) groups is 2. The molecule has 0 fully saturated rings. The number of nitrogens with one attached hydrogen (secondary N) is 1. The lowest BCUT2D eigenvalue weighted by atomic mass is 10.1. The van der Waals surface area contributed by atoms with E-state index in [0.717, 1.165) is 18.2 Å². The summed E-state index contributed by atoms with van der Waals surface area (Å²) in [4.78, 5) is 23.8. The summed E-state index contributed by atoms with van der Waals surface area (Å²) in [7, 11) is -3.80. The van der Waals surface area contributed by atoms with Crippen LogP contribution in [0.25, 0.3) is 0 Å². The molecule has 3 N–H and O–H groups in total. The number of carbonyl (C=O) groups excluding carboxylic acids is 2. The van der Waals surface area contributed by atoms with Crippen LogP contribution in [0, 0.1) is 5.82 Å². The molecule has 2 aromatic carbocycles. The van der Waals surface area contributed by atoms with Crippen molar-refractivity contribution in [3.63, 3.8) is 0 Å². The van der Waals surface area contributed by atoms with Gasteiger partial charge in [-0.15, -0.1) is 0 Å². The second-order valence-corrected chi connectivity index (χ2v) is 7.57. The molecule has 144 valence electrons. The zero-order valence-corrected chi connectivity index (χ0v) is 15.7. The summed E-state index contributed by atoms with van der Waals surface area (Å²) in [6.07, 6.45) is 0. The maximum Gasteiger partial charge on any atom is 0.340 e. The highest BCUT2D eigenvalue weighted by atomic mass is 35.5. The molecule has 0 aromatic heterocycles. The molecule has 0 saturated carbocycles. The van der Waals surface area contributed by atoms with E-state index in [9.17, 15) is 22.4 Å². The molecule has 1 atom stereocenters. The van der Waals surface area contributed by atoms with E-state index < -0.39 is 40.4 Å². The number of hydrogen-bond acceptors (Lipinski definition) is 5. The first kappa shape index (κ1) is 20.8. The van der Waals surface area contributed by atoms with Crippen molar-refractivity contribution in [3.8, 4) is 0 Å². The molecule has 10 heteroatoms. The number of benzene rings is 2. The fourth-order valence-electron chi connectivity index (χ4n) is 2.18. The third kappa shape index (κ3) is 5.75. The smallest absolute Gasteiger partial charge is 0.340 e. The van der Waals surface area contributed by atoms with Crippen LogP contribution in [0.3, 0.4) is 0 Å². The van der Waals surface area contributed by atoms with Crippen molar-refractivity contribution in [1.29, 1.82) is 0 Å². The Morgan fingerprint density at radius 1 is 1.22 bits per heavy atom. The lowest BCUT2D eigenvalue weighted by molar-refractivity contribution is -0.124. The molecule has 0 radical (unpaired) electrons. The van der Waals surface area contributed by atoms with Crippen LogP contribution >= 0.6 is 11.6 Å². The van der Waals surface area contributed by atoms with Crippen LogP contribution in [0.15, 0.2) is 47.4 Å².